The fourth-order valence-electron chi connectivity index (χ4n) is 5.43. The summed E-state index contributed by atoms with van der Waals surface area (Å²) in [4.78, 5) is 51.0. The number of carboxylic acids is 2. The van der Waals surface area contributed by atoms with Gasteiger partial charge in [0.2, 0.25) is 0 Å². The molecule has 0 fully saturated rings. The summed E-state index contributed by atoms with van der Waals surface area (Å²) in [5.41, 5.74) is 0.482. The van der Waals surface area contributed by atoms with E-state index < -0.39 is 23.8 Å². The molecule has 0 unspecified atom stereocenters. The maximum atomic E-state index is 13.6. The number of carbonyl (C=O) groups is 4. The SMILES string of the molecule is C#Cc1ccc(C(=O)O)c(C(=O)Nc2cc(NC(=O)c3cc(C#C)ccc3C(=O)O)c3ccc4cccc5ccc2c3c54)c1. The number of anilines is 2. The van der Waals surface area contributed by atoms with Crippen molar-refractivity contribution in [3.8, 4) is 24.7 Å². The van der Waals surface area contributed by atoms with Crippen LogP contribution in [0.25, 0.3) is 32.3 Å². The summed E-state index contributed by atoms with van der Waals surface area (Å²) in [6.45, 7) is 0. The highest BCUT2D eigenvalue weighted by Gasteiger charge is 2.23. The van der Waals surface area contributed by atoms with E-state index in [0.717, 1.165) is 21.5 Å². The molecule has 6 aromatic rings. The van der Waals surface area contributed by atoms with Crippen molar-refractivity contribution in [1.29, 1.82) is 0 Å². The second kappa shape index (κ2) is 10.6. The lowest BCUT2D eigenvalue weighted by Crippen LogP contribution is -2.19. The highest BCUT2D eigenvalue weighted by atomic mass is 16.4. The minimum absolute atomic E-state index is 0.138. The van der Waals surface area contributed by atoms with E-state index in [1.165, 1.54) is 36.4 Å². The molecule has 0 aliphatic rings. The third-order valence-electron chi connectivity index (χ3n) is 7.46. The Morgan fingerprint density at radius 2 is 1.00 bits per heavy atom. The number of nitrogens with one attached hydrogen (secondary N) is 2. The number of rotatable bonds is 6. The number of benzene rings is 6. The number of carboxylic acid groups (broad SMARTS) is 2. The minimum Gasteiger partial charge on any atom is -0.478 e. The van der Waals surface area contributed by atoms with Gasteiger partial charge in [0, 0.05) is 27.3 Å². The summed E-state index contributed by atoms with van der Waals surface area (Å²) >= 11 is 0. The average molecular weight is 577 g/mol. The van der Waals surface area contributed by atoms with Crippen LogP contribution < -0.4 is 10.6 Å². The first-order valence-electron chi connectivity index (χ1n) is 13.2. The first-order chi connectivity index (χ1) is 21.2. The summed E-state index contributed by atoms with van der Waals surface area (Å²) in [6.07, 6.45) is 11.0. The van der Waals surface area contributed by atoms with Crippen molar-refractivity contribution in [3.05, 3.63) is 118 Å². The molecule has 0 saturated heterocycles. The molecule has 0 saturated carbocycles. The molecule has 44 heavy (non-hydrogen) atoms. The molecule has 4 N–H and O–H groups in total. The van der Waals surface area contributed by atoms with Crippen LogP contribution in [0.1, 0.15) is 52.6 Å². The van der Waals surface area contributed by atoms with Gasteiger partial charge in [-0.1, -0.05) is 54.3 Å². The van der Waals surface area contributed by atoms with E-state index in [9.17, 15) is 29.4 Å². The Morgan fingerprint density at radius 3 is 1.41 bits per heavy atom. The lowest BCUT2D eigenvalue weighted by Gasteiger charge is -2.19. The van der Waals surface area contributed by atoms with Gasteiger partial charge in [0.05, 0.1) is 33.6 Å². The Kier molecular flexibility index (Phi) is 6.66. The van der Waals surface area contributed by atoms with Gasteiger partial charge in [0.25, 0.3) is 11.8 Å². The molecule has 8 heteroatoms. The van der Waals surface area contributed by atoms with Crippen LogP contribution in [0.3, 0.4) is 0 Å². The van der Waals surface area contributed by atoms with Crippen LogP contribution in [0, 0.1) is 24.7 Å². The van der Waals surface area contributed by atoms with Crippen molar-refractivity contribution in [2.75, 3.05) is 10.6 Å². The molecule has 8 nitrogen and oxygen atoms in total. The Labute approximate surface area is 250 Å². The number of carbonyl (C=O) groups excluding carboxylic acids is 2. The summed E-state index contributed by atoms with van der Waals surface area (Å²) in [5.74, 6) is 0.774. The van der Waals surface area contributed by atoms with E-state index in [2.05, 4.69) is 22.5 Å². The fourth-order valence-corrected chi connectivity index (χ4v) is 5.43. The molecule has 6 rings (SSSR count). The van der Waals surface area contributed by atoms with Crippen LogP contribution in [-0.4, -0.2) is 34.0 Å². The topological polar surface area (TPSA) is 133 Å². The average Bonchev–Trinajstić information content (AvgIpc) is 3.03. The van der Waals surface area contributed by atoms with Crippen LogP contribution in [0.15, 0.2) is 84.9 Å². The third kappa shape index (κ3) is 4.59. The number of hydrogen-bond acceptors (Lipinski definition) is 4. The zero-order valence-corrected chi connectivity index (χ0v) is 22.8. The Bertz CT molecular complexity index is 2150. The van der Waals surface area contributed by atoms with Crippen molar-refractivity contribution in [2.45, 2.75) is 0 Å². The number of amides is 2. The quantitative estimate of drug-likeness (QED) is 0.133. The van der Waals surface area contributed by atoms with Crippen LogP contribution in [-0.2, 0) is 0 Å². The molecular formula is C36H20N2O6. The van der Waals surface area contributed by atoms with Crippen LogP contribution in [0.5, 0.6) is 0 Å². The Balaban J connectivity index is 1.55. The molecule has 0 heterocycles. The van der Waals surface area contributed by atoms with Crippen LogP contribution in [0.4, 0.5) is 11.4 Å². The smallest absolute Gasteiger partial charge is 0.336 e. The normalized spacial score (nSPS) is 10.8. The lowest BCUT2D eigenvalue weighted by atomic mass is 9.92. The maximum Gasteiger partial charge on any atom is 0.336 e. The maximum absolute atomic E-state index is 13.6. The minimum atomic E-state index is -1.30. The van der Waals surface area contributed by atoms with Gasteiger partial charge >= 0.3 is 11.9 Å². The molecule has 0 aliphatic heterocycles. The van der Waals surface area contributed by atoms with Gasteiger partial charge in [-0.2, -0.15) is 0 Å². The predicted molar refractivity (Wildman–Crippen MR) is 169 cm³/mol. The van der Waals surface area contributed by atoms with Gasteiger partial charge in [-0.3, -0.25) is 9.59 Å². The fraction of sp³-hybridized carbons (Fsp3) is 0. The summed E-state index contributed by atoms with van der Waals surface area (Å²) in [5, 5.41) is 29.8. The van der Waals surface area contributed by atoms with Crippen LogP contribution in [0.2, 0.25) is 0 Å². The predicted octanol–water partition coefficient (Wildman–Crippen LogP) is 6.45. The molecule has 210 valence electrons. The molecule has 0 spiro atoms. The van der Waals surface area contributed by atoms with Crippen molar-refractivity contribution < 1.29 is 29.4 Å². The van der Waals surface area contributed by atoms with E-state index in [0.29, 0.717) is 21.9 Å². The first kappa shape index (κ1) is 27.5. The van der Waals surface area contributed by atoms with Gasteiger partial charge in [-0.15, -0.1) is 12.8 Å². The van der Waals surface area contributed by atoms with Crippen molar-refractivity contribution in [2.24, 2.45) is 0 Å². The van der Waals surface area contributed by atoms with Crippen molar-refractivity contribution >= 4 is 67.4 Å². The highest BCUT2D eigenvalue weighted by Crippen LogP contribution is 2.42. The lowest BCUT2D eigenvalue weighted by molar-refractivity contribution is 0.0683. The number of aromatic carboxylic acids is 2. The van der Waals surface area contributed by atoms with Gasteiger partial charge in [-0.25, -0.2) is 9.59 Å². The molecule has 6 aromatic carbocycles. The Hall–Kier alpha value is -6.64. The standard InChI is InChI=1S/C36H20N2O6/c1-3-19-8-12-23(35(41)42)27(16-19)33(39)37-29-18-30(38-34(40)28-17-20(4-2)9-13-24(28)36(43)44)26-15-11-22-7-5-6-21-10-14-25(29)32(26)31(21)22/h1-2,5-18H,(H,37,39)(H,38,40)(H,41,42)(H,43,44). The monoisotopic (exact) mass is 576 g/mol. The molecule has 2 amide bonds. The van der Waals surface area contributed by atoms with Crippen molar-refractivity contribution in [3.63, 3.8) is 0 Å². The highest BCUT2D eigenvalue weighted by molar-refractivity contribution is 6.30. The Morgan fingerprint density at radius 1 is 0.545 bits per heavy atom. The van der Waals surface area contributed by atoms with Gasteiger partial charge in [0.1, 0.15) is 0 Å². The van der Waals surface area contributed by atoms with E-state index in [1.807, 2.05) is 42.5 Å². The second-order valence-electron chi connectivity index (χ2n) is 9.98. The molecule has 0 bridgehead atoms. The molecule has 0 aromatic heterocycles. The third-order valence-corrected chi connectivity index (χ3v) is 7.46. The summed E-state index contributed by atoms with van der Waals surface area (Å²) in [7, 11) is 0. The van der Waals surface area contributed by atoms with Crippen molar-refractivity contribution in [1.82, 2.24) is 0 Å². The van der Waals surface area contributed by atoms with E-state index in [4.69, 9.17) is 12.8 Å². The molecule has 0 radical (unpaired) electrons. The van der Waals surface area contributed by atoms with E-state index in [1.54, 1.807) is 6.07 Å². The number of hydrogen-bond donors (Lipinski definition) is 4. The zero-order chi connectivity index (χ0) is 31.1. The van der Waals surface area contributed by atoms with Gasteiger partial charge in [-0.05, 0) is 58.6 Å². The second-order valence-corrected chi connectivity index (χ2v) is 9.98. The molecule has 0 aliphatic carbocycles. The van der Waals surface area contributed by atoms with Gasteiger partial charge < -0.3 is 20.8 Å². The first-order valence-corrected chi connectivity index (χ1v) is 13.2. The molecular weight excluding hydrogens is 556 g/mol. The summed E-state index contributed by atoms with van der Waals surface area (Å²) < 4.78 is 0. The summed E-state index contributed by atoms with van der Waals surface area (Å²) in [6, 6.07) is 22.9. The van der Waals surface area contributed by atoms with E-state index in [-0.39, 0.29) is 33.6 Å². The van der Waals surface area contributed by atoms with E-state index >= 15 is 0 Å². The van der Waals surface area contributed by atoms with Gasteiger partial charge in [0.15, 0.2) is 0 Å². The van der Waals surface area contributed by atoms with Crippen LogP contribution >= 0.6 is 0 Å². The molecule has 0 atom stereocenters. The zero-order valence-electron chi connectivity index (χ0n) is 22.8. The largest absolute Gasteiger partial charge is 0.478 e. The number of terminal acetylenes is 2.